The maximum absolute atomic E-state index is 12.3. The number of nitrogens with one attached hydrogen (secondary N) is 1. The highest BCUT2D eigenvalue weighted by Gasteiger charge is 2.10. The predicted molar refractivity (Wildman–Crippen MR) is 95.5 cm³/mol. The van der Waals surface area contributed by atoms with Gasteiger partial charge in [-0.2, -0.15) is 0 Å². The van der Waals surface area contributed by atoms with Crippen molar-refractivity contribution in [3.8, 4) is 17.1 Å². The van der Waals surface area contributed by atoms with Crippen LogP contribution < -0.4 is 10.3 Å². The van der Waals surface area contributed by atoms with Gasteiger partial charge in [-0.25, -0.2) is 9.97 Å². The summed E-state index contributed by atoms with van der Waals surface area (Å²) in [6.45, 7) is 1.18. The third kappa shape index (κ3) is 3.14. The summed E-state index contributed by atoms with van der Waals surface area (Å²) < 4.78 is 7.85. The van der Waals surface area contributed by atoms with Gasteiger partial charge in [-0.1, -0.05) is 24.3 Å². The van der Waals surface area contributed by atoms with Gasteiger partial charge in [0.1, 0.15) is 18.2 Å². The van der Waals surface area contributed by atoms with E-state index < -0.39 is 0 Å². The Bertz CT molecular complexity index is 1050. The van der Waals surface area contributed by atoms with Crippen molar-refractivity contribution in [2.24, 2.45) is 0 Å². The minimum atomic E-state index is -0.159. The summed E-state index contributed by atoms with van der Waals surface area (Å²) >= 11 is 0. The van der Waals surface area contributed by atoms with Gasteiger partial charge in [-0.05, 0) is 24.3 Å². The quantitative estimate of drug-likeness (QED) is 0.610. The average Bonchev–Trinajstić information content (AvgIpc) is 3.16. The van der Waals surface area contributed by atoms with Crippen LogP contribution in [0.4, 0.5) is 0 Å². The molecule has 0 aliphatic heterocycles. The monoisotopic (exact) mass is 332 g/mol. The van der Waals surface area contributed by atoms with Crippen LogP contribution in [0.5, 0.6) is 5.75 Å². The molecular weight excluding hydrogens is 316 g/mol. The largest absolute Gasteiger partial charge is 0.491 e. The molecule has 0 radical (unpaired) electrons. The first kappa shape index (κ1) is 15.1. The molecule has 0 aliphatic rings. The molecule has 1 N–H and O–H groups in total. The molecule has 6 nitrogen and oxygen atoms in total. The first-order valence-electron chi connectivity index (χ1n) is 7.98. The average molecular weight is 332 g/mol. The number of para-hydroxylation sites is 2. The number of rotatable bonds is 5. The van der Waals surface area contributed by atoms with Crippen LogP contribution in [-0.4, -0.2) is 26.1 Å². The number of ether oxygens (including phenoxy) is 1. The van der Waals surface area contributed by atoms with E-state index in [4.69, 9.17) is 4.74 Å². The molecular formula is C19H16N4O2. The minimum Gasteiger partial charge on any atom is -0.491 e. The number of aromatic nitrogens is 4. The molecule has 0 saturated heterocycles. The van der Waals surface area contributed by atoms with Crippen molar-refractivity contribution >= 4 is 10.9 Å². The number of hydrogen-bond acceptors (Lipinski definition) is 4. The predicted octanol–water partition coefficient (Wildman–Crippen LogP) is 2.87. The van der Waals surface area contributed by atoms with Crippen molar-refractivity contribution in [1.82, 2.24) is 19.5 Å². The van der Waals surface area contributed by atoms with Gasteiger partial charge in [0.2, 0.25) is 0 Å². The molecule has 0 spiro atoms. The second kappa shape index (κ2) is 6.60. The lowest BCUT2D eigenvalue weighted by molar-refractivity contribution is 0.299. The number of benzene rings is 2. The molecule has 0 fully saturated rings. The van der Waals surface area contributed by atoms with Crippen molar-refractivity contribution in [1.29, 1.82) is 0 Å². The second-order valence-corrected chi connectivity index (χ2v) is 5.58. The molecule has 0 saturated carbocycles. The molecule has 4 rings (SSSR count). The maximum atomic E-state index is 12.3. The van der Waals surface area contributed by atoms with E-state index in [2.05, 4.69) is 15.0 Å². The molecule has 2 aromatic heterocycles. The molecule has 0 aliphatic carbocycles. The Morgan fingerprint density at radius 2 is 1.92 bits per heavy atom. The van der Waals surface area contributed by atoms with Crippen LogP contribution in [0.1, 0.15) is 0 Å². The van der Waals surface area contributed by atoms with E-state index >= 15 is 0 Å². The van der Waals surface area contributed by atoms with E-state index in [9.17, 15) is 4.79 Å². The molecule has 124 valence electrons. The normalized spacial score (nSPS) is 10.9. The van der Waals surface area contributed by atoms with Crippen molar-refractivity contribution < 1.29 is 4.74 Å². The van der Waals surface area contributed by atoms with Gasteiger partial charge in [-0.3, -0.25) is 4.79 Å². The van der Waals surface area contributed by atoms with Crippen molar-refractivity contribution in [2.75, 3.05) is 6.61 Å². The second-order valence-electron chi connectivity index (χ2n) is 5.58. The Labute approximate surface area is 143 Å². The number of fused-ring (bicyclic) bond motifs is 1. The fraction of sp³-hybridized carbons (Fsp3) is 0.105. The van der Waals surface area contributed by atoms with Crippen LogP contribution in [0.2, 0.25) is 0 Å². The van der Waals surface area contributed by atoms with Crippen LogP contribution in [-0.2, 0) is 6.54 Å². The van der Waals surface area contributed by atoms with Gasteiger partial charge in [-0.15, -0.1) is 0 Å². The van der Waals surface area contributed by atoms with Gasteiger partial charge >= 0.3 is 0 Å². The summed E-state index contributed by atoms with van der Waals surface area (Å²) in [5.41, 5.74) is 1.26. The van der Waals surface area contributed by atoms with E-state index in [-0.39, 0.29) is 5.56 Å². The molecule has 0 bridgehead atoms. The Balaban J connectivity index is 1.65. The van der Waals surface area contributed by atoms with Crippen LogP contribution in [0, 0.1) is 0 Å². The highest BCUT2D eigenvalue weighted by molar-refractivity contribution is 5.80. The number of imidazole rings is 1. The van der Waals surface area contributed by atoms with E-state index in [0.717, 1.165) is 5.56 Å². The van der Waals surface area contributed by atoms with Crippen LogP contribution >= 0.6 is 0 Å². The van der Waals surface area contributed by atoms with Crippen molar-refractivity contribution in [2.45, 2.75) is 6.54 Å². The summed E-state index contributed by atoms with van der Waals surface area (Å²) in [4.78, 5) is 23.7. The summed E-state index contributed by atoms with van der Waals surface area (Å²) in [5, 5.41) is 0.574. The topological polar surface area (TPSA) is 72.8 Å². The molecule has 0 unspecified atom stereocenters. The van der Waals surface area contributed by atoms with Crippen molar-refractivity contribution in [3.05, 3.63) is 77.6 Å². The number of H-pyrrole nitrogens is 1. The molecule has 2 aromatic carbocycles. The van der Waals surface area contributed by atoms with Gasteiger partial charge in [0.25, 0.3) is 5.56 Å². The smallest absolute Gasteiger partial charge is 0.259 e. The summed E-state index contributed by atoms with van der Waals surface area (Å²) in [6, 6.07) is 14.8. The lowest BCUT2D eigenvalue weighted by Crippen LogP contribution is -2.11. The fourth-order valence-electron chi connectivity index (χ4n) is 2.68. The zero-order chi connectivity index (χ0) is 17.1. The van der Waals surface area contributed by atoms with Crippen LogP contribution in [0.25, 0.3) is 22.3 Å². The summed E-state index contributed by atoms with van der Waals surface area (Å²) in [5.74, 6) is 1.18. The molecule has 4 aromatic rings. The molecule has 6 heteroatoms. The Morgan fingerprint density at radius 3 is 2.80 bits per heavy atom. The highest BCUT2D eigenvalue weighted by Crippen LogP contribution is 2.27. The van der Waals surface area contributed by atoms with Crippen LogP contribution in [0.15, 0.2) is 72.0 Å². The molecule has 25 heavy (non-hydrogen) atoms. The zero-order valence-corrected chi connectivity index (χ0v) is 13.4. The number of hydrogen-bond donors (Lipinski definition) is 1. The van der Waals surface area contributed by atoms with Gasteiger partial charge in [0, 0.05) is 12.4 Å². The third-order valence-corrected chi connectivity index (χ3v) is 3.92. The van der Waals surface area contributed by atoms with Gasteiger partial charge in [0.15, 0.2) is 0 Å². The SMILES string of the molecule is O=c1[nH]c(-c2ccccc2OCCn2ccnc2)nc2ccccc12. The highest BCUT2D eigenvalue weighted by atomic mass is 16.5. The first-order valence-corrected chi connectivity index (χ1v) is 7.98. The van der Waals surface area contributed by atoms with Gasteiger partial charge < -0.3 is 14.3 Å². The summed E-state index contributed by atoms with van der Waals surface area (Å²) in [6.07, 6.45) is 5.37. The summed E-state index contributed by atoms with van der Waals surface area (Å²) in [7, 11) is 0. The van der Waals surface area contributed by atoms with E-state index in [1.54, 1.807) is 18.6 Å². The lowest BCUT2D eigenvalue weighted by Gasteiger charge is -2.11. The van der Waals surface area contributed by atoms with Crippen LogP contribution in [0.3, 0.4) is 0 Å². The van der Waals surface area contributed by atoms with E-state index in [1.165, 1.54) is 0 Å². The number of nitrogens with zero attached hydrogens (tertiary/aromatic N) is 3. The standard InChI is InChI=1S/C19H16N4O2/c24-19-14-5-1-3-7-16(14)21-18(22-19)15-6-2-4-8-17(15)25-12-11-23-10-9-20-13-23/h1-10,13H,11-12H2,(H,21,22,24). The number of aromatic amines is 1. The third-order valence-electron chi connectivity index (χ3n) is 3.92. The zero-order valence-electron chi connectivity index (χ0n) is 13.4. The van der Waals surface area contributed by atoms with E-state index in [1.807, 2.05) is 53.2 Å². The molecule has 0 amide bonds. The Hall–Kier alpha value is -3.41. The molecule has 0 atom stereocenters. The minimum absolute atomic E-state index is 0.159. The Kier molecular flexibility index (Phi) is 4.00. The lowest BCUT2D eigenvalue weighted by atomic mass is 10.1. The van der Waals surface area contributed by atoms with E-state index in [0.29, 0.717) is 35.6 Å². The fourth-order valence-corrected chi connectivity index (χ4v) is 2.68. The maximum Gasteiger partial charge on any atom is 0.259 e. The van der Waals surface area contributed by atoms with Gasteiger partial charge in [0.05, 0.1) is 29.3 Å². The first-order chi connectivity index (χ1) is 12.3. The Morgan fingerprint density at radius 1 is 1.08 bits per heavy atom. The molecule has 2 heterocycles. The van der Waals surface area contributed by atoms with Crippen molar-refractivity contribution in [3.63, 3.8) is 0 Å².